The van der Waals surface area contributed by atoms with E-state index >= 15 is 0 Å². The van der Waals surface area contributed by atoms with Gasteiger partial charge in [0.2, 0.25) is 0 Å². The van der Waals surface area contributed by atoms with E-state index in [1.807, 2.05) is 12.2 Å². The lowest BCUT2D eigenvalue weighted by molar-refractivity contribution is -0.351. The van der Waals surface area contributed by atoms with Gasteiger partial charge in [-0.1, -0.05) is 88.4 Å². The van der Waals surface area contributed by atoms with Gasteiger partial charge in [0.15, 0.2) is 17.4 Å². The minimum atomic E-state index is -2.39. The SMILES string of the molecule is C=C(Cl)/C=C/[C@@H](O)CC(=C)C[C@H]1O[C@@H]2[C@H](C)[C@@H](OC(=O)C[C@H]3C[C@H](O)C[C@@]4(C[C@@](C)(O)C[C@H](CC(=C)[C@@H](C)[C@H](OC(C)=O)[C@H](C)C(=O)C[C@@H]5C[C@H](OC)C[C@@]6(C[C@@H](O)C[C@H](/C=C\CCC[C@H]7O[C@](O)(C[C@H](O)[C@H]7C)[C@H]2O)O6)O5)O4)O3)[C@@H]1O. The van der Waals surface area contributed by atoms with E-state index in [4.69, 9.17) is 54.2 Å². The molecular weight excluding hydrogens is 1090 g/mol. The topological polar surface area (TPSA) is 296 Å². The average Bonchev–Trinajstić information content (AvgIpc) is 3.31. The summed E-state index contributed by atoms with van der Waals surface area (Å²) in [5.41, 5.74) is -0.438. The lowest BCUT2D eigenvalue weighted by Gasteiger charge is -2.52. The number of rotatable bonds is 8. The molecule has 7 aliphatic rings. The minimum Gasteiger partial charge on any atom is -0.461 e. The van der Waals surface area contributed by atoms with Crippen LogP contribution in [0.4, 0.5) is 0 Å². The Morgan fingerprint density at radius 1 is 0.841 bits per heavy atom. The summed E-state index contributed by atoms with van der Waals surface area (Å²) in [5.74, 6) is -9.90. The van der Waals surface area contributed by atoms with Crippen molar-refractivity contribution < 1.29 is 97.9 Å². The molecule has 8 N–H and O–H groups in total. The van der Waals surface area contributed by atoms with Crippen molar-refractivity contribution in [1.82, 2.24) is 0 Å². The molecule has 7 rings (SSSR count). The fourth-order valence-corrected chi connectivity index (χ4v) is 13.9. The Bertz CT molecular complexity index is 2310. The van der Waals surface area contributed by atoms with E-state index in [1.54, 1.807) is 41.7 Å². The van der Waals surface area contributed by atoms with E-state index in [2.05, 4.69) is 19.7 Å². The van der Waals surface area contributed by atoms with Gasteiger partial charge in [-0.05, 0) is 51.5 Å². The number of aliphatic hydroxyl groups is 8. The van der Waals surface area contributed by atoms with Crippen LogP contribution in [0.3, 0.4) is 0 Å². The number of carbonyl (C=O) groups excluding carboxylic acids is 3. The number of esters is 2. The monoisotopic (exact) mass is 1180 g/mol. The van der Waals surface area contributed by atoms with Crippen molar-refractivity contribution in [3.63, 3.8) is 0 Å². The fraction of sp³-hybridized carbons (Fsp3) is 0.787. The molecule has 24 atom stereocenters. The van der Waals surface area contributed by atoms with E-state index in [1.165, 1.54) is 19.1 Å². The zero-order valence-corrected chi connectivity index (χ0v) is 49.6. The summed E-state index contributed by atoms with van der Waals surface area (Å²) < 4.78 is 57.3. The first-order valence-electron chi connectivity index (χ1n) is 29.4. The molecule has 7 heterocycles. The minimum absolute atomic E-state index is 0.00951. The van der Waals surface area contributed by atoms with Crippen molar-refractivity contribution in [3.05, 3.63) is 60.2 Å². The third kappa shape index (κ3) is 16.9. The summed E-state index contributed by atoms with van der Waals surface area (Å²) >= 11 is 5.88. The Morgan fingerprint density at radius 2 is 1.51 bits per heavy atom. The highest BCUT2D eigenvalue weighted by atomic mass is 35.5. The van der Waals surface area contributed by atoms with Crippen molar-refractivity contribution in [1.29, 1.82) is 0 Å². The summed E-state index contributed by atoms with van der Waals surface area (Å²) in [5, 5.41) is 93.6. The zero-order valence-electron chi connectivity index (χ0n) is 48.9. The Kier molecular flexibility index (Phi) is 22.5. The van der Waals surface area contributed by atoms with Gasteiger partial charge in [-0.15, -0.1) is 0 Å². The molecule has 0 unspecified atom stereocenters. The average molecular weight is 1180 g/mol. The largest absolute Gasteiger partial charge is 0.461 e. The molecule has 6 fully saturated rings. The van der Waals surface area contributed by atoms with Gasteiger partial charge >= 0.3 is 11.9 Å². The summed E-state index contributed by atoms with van der Waals surface area (Å²) in [6.07, 6.45) is -8.40. The normalized spacial score (nSPS) is 45.8. The second kappa shape index (κ2) is 27.8. The van der Waals surface area contributed by atoms with Gasteiger partial charge in [-0.2, -0.15) is 0 Å². The Balaban J connectivity index is 1.19. The van der Waals surface area contributed by atoms with E-state index in [-0.39, 0.29) is 81.1 Å². The zero-order chi connectivity index (χ0) is 60.2. The second-order valence-electron chi connectivity index (χ2n) is 25.4. The molecule has 0 aromatic heterocycles. The number of ether oxygens (including phenoxy) is 9. The number of fused-ring (bicyclic) bond motifs is 8. The molecule has 10 bridgehead atoms. The first-order valence-corrected chi connectivity index (χ1v) is 29.8. The smallest absolute Gasteiger partial charge is 0.308 e. The number of aliphatic hydroxyl groups excluding tert-OH is 6. The number of hydrogen-bond donors (Lipinski definition) is 8. The van der Waals surface area contributed by atoms with Crippen LogP contribution in [0.2, 0.25) is 0 Å². The number of Topliss-reactive ketones (excluding diaryl/α,β-unsaturated/α-hetero) is 1. The maximum absolute atomic E-state index is 14.4. The summed E-state index contributed by atoms with van der Waals surface area (Å²) in [6.45, 7) is 21.8. The lowest BCUT2D eigenvalue weighted by atomic mass is 9.78. The van der Waals surface area contributed by atoms with E-state index < -0.39 is 163 Å². The second-order valence-corrected chi connectivity index (χ2v) is 25.8. The first kappa shape index (κ1) is 66.5. The van der Waals surface area contributed by atoms with Crippen LogP contribution in [-0.4, -0.2) is 186 Å². The van der Waals surface area contributed by atoms with Gasteiger partial charge in [0.05, 0.1) is 91.2 Å². The highest BCUT2D eigenvalue weighted by Crippen LogP contribution is 2.48. The van der Waals surface area contributed by atoms with Crippen molar-refractivity contribution in [2.24, 2.45) is 23.7 Å². The molecule has 0 saturated carbocycles. The molecular formula is C61H93ClO20. The molecule has 7 aliphatic heterocycles. The highest BCUT2D eigenvalue weighted by Gasteiger charge is 2.58. The third-order valence-corrected chi connectivity index (χ3v) is 18.1. The molecule has 2 spiro atoms. The van der Waals surface area contributed by atoms with Gasteiger partial charge in [0, 0.05) is 101 Å². The summed E-state index contributed by atoms with van der Waals surface area (Å²) in [7, 11) is 1.58. The van der Waals surface area contributed by atoms with Crippen molar-refractivity contribution in [2.45, 2.75) is 271 Å². The number of hydrogen-bond acceptors (Lipinski definition) is 20. The number of halogens is 1. The van der Waals surface area contributed by atoms with Crippen LogP contribution in [0.25, 0.3) is 0 Å². The third-order valence-electron chi connectivity index (χ3n) is 18.0. The van der Waals surface area contributed by atoms with Crippen molar-refractivity contribution in [2.75, 3.05) is 7.11 Å². The fourth-order valence-electron chi connectivity index (χ4n) is 13.8. The molecule has 464 valence electrons. The van der Waals surface area contributed by atoms with Crippen LogP contribution in [0.15, 0.2) is 60.2 Å². The molecule has 0 radical (unpaired) electrons. The summed E-state index contributed by atoms with van der Waals surface area (Å²) in [6, 6.07) is 0. The Morgan fingerprint density at radius 3 is 2.21 bits per heavy atom. The number of methoxy groups -OCH3 is 1. The van der Waals surface area contributed by atoms with Crippen LogP contribution < -0.4 is 0 Å². The summed E-state index contributed by atoms with van der Waals surface area (Å²) in [4.78, 5) is 41.4. The predicted molar refractivity (Wildman–Crippen MR) is 298 cm³/mol. The molecule has 21 heteroatoms. The molecule has 82 heavy (non-hydrogen) atoms. The molecule has 0 amide bonds. The lowest BCUT2D eigenvalue weighted by Crippen LogP contribution is -2.65. The quantitative estimate of drug-likeness (QED) is 0.0864. The molecule has 0 aromatic rings. The van der Waals surface area contributed by atoms with E-state index in [9.17, 15) is 55.2 Å². The highest BCUT2D eigenvalue weighted by molar-refractivity contribution is 6.30. The van der Waals surface area contributed by atoms with Gasteiger partial charge in [-0.3, -0.25) is 14.4 Å². The van der Waals surface area contributed by atoms with Crippen molar-refractivity contribution in [3.8, 4) is 0 Å². The number of carbonyl (C=O) groups is 3. The van der Waals surface area contributed by atoms with Crippen LogP contribution >= 0.6 is 11.6 Å². The van der Waals surface area contributed by atoms with Gasteiger partial charge in [0.1, 0.15) is 30.2 Å². The van der Waals surface area contributed by atoms with Gasteiger partial charge < -0.3 is 83.5 Å². The van der Waals surface area contributed by atoms with Gasteiger partial charge in [-0.25, -0.2) is 0 Å². The Labute approximate surface area is 487 Å². The van der Waals surface area contributed by atoms with Crippen LogP contribution in [-0.2, 0) is 57.0 Å². The molecule has 6 saturated heterocycles. The maximum atomic E-state index is 14.4. The molecule has 20 nitrogen and oxygen atoms in total. The van der Waals surface area contributed by atoms with Crippen molar-refractivity contribution >= 4 is 29.3 Å². The van der Waals surface area contributed by atoms with E-state index in [0.29, 0.717) is 43.3 Å². The van der Waals surface area contributed by atoms with Crippen LogP contribution in [0, 0.1) is 23.7 Å². The standard InChI is InChI=1S/C61H93ClO20/c1-32(18-40(64)17-16-34(3)62)19-51-53(70)55-38(7)56(76-51)57(71)61(73)30-49(68)36(5)50(82-61)15-13-11-12-14-43-21-41(65)26-59(78-43)29-46(74-10)23-45(79-59)24-48(67)37(6)54(75-39(8)63)35(4)33(2)20-47-28-58(9,72)31-60(81-47)27-42(66)22-44(80-60)25-52(69)77-55/h12,14,16-17,35-38,40-47,49-51,53-57,64-66,68,70-73H,1-3,11,13,15,18-31H2,4-10H3/b14-12-,17-16+/t35-,36-,37-,38-,40-,41+,42+,43+,44-,45+,46+,47+,49+,50-,51-,53-,54+,55-,56-,57+,58+,59-,60-,61-/m1/s1. The Hall–Kier alpha value is -3.00. The number of allylic oxidation sites excluding steroid dienone is 3. The first-order chi connectivity index (χ1) is 38.4. The molecule has 0 aromatic carbocycles. The van der Waals surface area contributed by atoms with Crippen LogP contribution in [0.5, 0.6) is 0 Å². The van der Waals surface area contributed by atoms with E-state index in [0.717, 1.165) is 0 Å². The predicted octanol–water partition coefficient (Wildman–Crippen LogP) is 5.34. The van der Waals surface area contributed by atoms with Gasteiger partial charge in [0.25, 0.3) is 0 Å². The number of ketones is 1. The maximum Gasteiger partial charge on any atom is 0.308 e. The van der Waals surface area contributed by atoms with Crippen LogP contribution in [0.1, 0.15) is 151 Å². The molecule has 0 aliphatic carbocycles.